The molecule has 3 aromatic rings. The summed E-state index contributed by atoms with van der Waals surface area (Å²) >= 11 is 1.40. The molecule has 8 heteroatoms. The highest BCUT2D eigenvalue weighted by molar-refractivity contribution is 7.98. The van der Waals surface area contributed by atoms with Crippen molar-refractivity contribution in [3.8, 4) is 11.4 Å². The zero-order valence-corrected chi connectivity index (χ0v) is 12.5. The van der Waals surface area contributed by atoms with E-state index in [-0.39, 0.29) is 0 Å². The number of rotatable bonds is 4. The number of benzene rings is 1. The summed E-state index contributed by atoms with van der Waals surface area (Å²) in [6, 6.07) is 7.97. The lowest BCUT2D eigenvalue weighted by Gasteiger charge is -2.03. The Morgan fingerprint density at radius 1 is 1.19 bits per heavy atom. The van der Waals surface area contributed by atoms with Crippen molar-refractivity contribution >= 4 is 11.8 Å². The van der Waals surface area contributed by atoms with Crippen LogP contribution >= 0.6 is 11.8 Å². The van der Waals surface area contributed by atoms with Crippen LogP contribution in [0.15, 0.2) is 33.9 Å². The van der Waals surface area contributed by atoms with Gasteiger partial charge in [0.2, 0.25) is 11.0 Å². The molecule has 0 aliphatic heterocycles. The van der Waals surface area contributed by atoms with E-state index in [4.69, 9.17) is 10.4 Å². The number of hydrogen-bond acceptors (Lipinski definition) is 7. The largest absolute Gasteiger partial charge is 0.338 e. The molecule has 0 fully saturated rings. The molecule has 0 amide bonds. The fraction of sp³-hybridized carbons (Fsp3) is 0.231. The smallest absolute Gasteiger partial charge is 0.237 e. The molecule has 2 aromatic heterocycles. The van der Waals surface area contributed by atoms with E-state index in [0.29, 0.717) is 28.4 Å². The molecule has 0 bridgehead atoms. The standard InChI is InChI=1S/C13H14N6OS/c1-8-3-5-10(6-4-8)12-16-17-13(19(12)14)21-7-11-15-9(2)18-20-11/h3-6H,7,14H2,1-2H3. The summed E-state index contributed by atoms with van der Waals surface area (Å²) < 4.78 is 6.52. The van der Waals surface area contributed by atoms with E-state index in [0.717, 1.165) is 5.56 Å². The van der Waals surface area contributed by atoms with Gasteiger partial charge in [0, 0.05) is 5.56 Å². The number of aryl methyl sites for hydroxylation is 2. The molecule has 0 atom stereocenters. The molecule has 0 aliphatic rings. The first kappa shape index (κ1) is 13.6. The third-order valence-corrected chi connectivity index (χ3v) is 3.80. The van der Waals surface area contributed by atoms with Crippen molar-refractivity contribution < 1.29 is 4.52 Å². The summed E-state index contributed by atoms with van der Waals surface area (Å²) in [5.41, 5.74) is 2.11. The molecule has 3 rings (SSSR count). The van der Waals surface area contributed by atoms with Gasteiger partial charge < -0.3 is 10.4 Å². The van der Waals surface area contributed by atoms with E-state index in [1.807, 2.05) is 31.2 Å². The van der Waals surface area contributed by atoms with Crippen molar-refractivity contribution in [2.24, 2.45) is 0 Å². The van der Waals surface area contributed by atoms with E-state index in [1.54, 1.807) is 6.92 Å². The monoisotopic (exact) mass is 302 g/mol. The molecule has 1 aromatic carbocycles. The molecule has 0 aliphatic carbocycles. The highest BCUT2D eigenvalue weighted by Gasteiger charge is 2.13. The van der Waals surface area contributed by atoms with Gasteiger partial charge in [-0.3, -0.25) is 0 Å². The molecule has 21 heavy (non-hydrogen) atoms. The molecule has 2 N–H and O–H groups in total. The van der Waals surface area contributed by atoms with Crippen molar-refractivity contribution in [3.63, 3.8) is 0 Å². The van der Waals surface area contributed by atoms with E-state index in [1.165, 1.54) is 22.0 Å². The van der Waals surface area contributed by atoms with Crippen molar-refractivity contribution in [1.29, 1.82) is 0 Å². The SMILES string of the molecule is Cc1ccc(-c2nnc(SCc3nc(C)no3)n2N)cc1. The molecule has 0 saturated carbocycles. The van der Waals surface area contributed by atoms with Gasteiger partial charge in [-0.2, -0.15) is 4.98 Å². The van der Waals surface area contributed by atoms with Crippen molar-refractivity contribution in [2.45, 2.75) is 24.8 Å². The Hall–Kier alpha value is -2.35. The highest BCUT2D eigenvalue weighted by Crippen LogP contribution is 2.23. The van der Waals surface area contributed by atoms with Crippen molar-refractivity contribution in [2.75, 3.05) is 5.84 Å². The molecular formula is C13H14N6OS. The molecule has 0 saturated heterocycles. The topological polar surface area (TPSA) is 95.6 Å². The Morgan fingerprint density at radius 3 is 2.62 bits per heavy atom. The van der Waals surface area contributed by atoms with Gasteiger partial charge in [-0.25, -0.2) is 4.68 Å². The van der Waals surface area contributed by atoms with Crippen LogP contribution in [0.25, 0.3) is 11.4 Å². The lowest BCUT2D eigenvalue weighted by Crippen LogP contribution is -2.11. The van der Waals surface area contributed by atoms with Gasteiger partial charge in [-0.1, -0.05) is 46.7 Å². The minimum Gasteiger partial charge on any atom is -0.338 e. The zero-order valence-electron chi connectivity index (χ0n) is 11.6. The predicted molar refractivity (Wildman–Crippen MR) is 78.9 cm³/mol. The minimum atomic E-state index is 0.504. The zero-order chi connectivity index (χ0) is 14.8. The van der Waals surface area contributed by atoms with Gasteiger partial charge in [0.05, 0.1) is 5.75 Å². The van der Waals surface area contributed by atoms with Crippen LogP contribution in [-0.4, -0.2) is 25.0 Å². The first-order valence-corrected chi connectivity index (χ1v) is 7.31. The quantitative estimate of drug-likeness (QED) is 0.581. The van der Waals surface area contributed by atoms with Crippen LogP contribution in [0.2, 0.25) is 0 Å². The molecular weight excluding hydrogens is 288 g/mol. The summed E-state index contributed by atoms with van der Waals surface area (Å²) in [5.74, 6) is 8.33. The van der Waals surface area contributed by atoms with Crippen LogP contribution in [0.5, 0.6) is 0 Å². The molecule has 108 valence electrons. The average molecular weight is 302 g/mol. The van der Waals surface area contributed by atoms with Gasteiger partial charge in [-0.15, -0.1) is 10.2 Å². The molecule has 0 spiro atoms. The fourth-order valence-electron chi connectivity index (χ4n) is 1.80. The van der Waals surface area contributed by atoms with Crippen LogP contribution < -0.4 is 5.84 Å². The van der Waals surface area contributed by atoms with Gasteiger partial charge in [0.1, 0.15) is 0 Å². The number of nitrogens with zero attached hydrogens (tertiary/aromatic N) is 5. The number of nitrogens with two attached hydrogens (primary N) is 1. The third-order valence-electron chi connectivity index (χ3n) is 2.87. The second kappa shape index (κ2) is 5.57. The molecule has 0 radical (unpaired) electrons. The second-order valence-corrected chi connectivity index (χ2v) is 5.51. The molecule has 7 nitrogen and oxygen atoms in total. The first-order valence-electron chi connectivity index (χ1n) is 6.33. The number of nitrogen functional groups attached to an aromatic ring is 1. The van der Waals surface area contributed by atoms with E-state index in [2.05, 4.69) is 20.3 Å². The molecule has 0 unspecified atom stereocenters. The number of thioether (sulfide) groups is 1. The summed E-state index contributed by atoms with van der Waals surface area (Å²) in [5, 5.41) is 12.6. The summed E-state index contributed by atoms with van der Waals surface area (Å²) in [7, 11) is 0. The third kappa shape index (κ3) is 2.89. The van der Waals surface area contributed by atoms with Gasteiger partial charge in [-0.05, 0) is 13.8 Å². The Kier molecular flexibility index (Phi) is 3.61. The van der Waals surface area contributed by atoms with E-state index < -0.39 is 0 Å². The van der Waals surface area contributed by atoms with Crippen molar-refractivity contribution in [1.82, 2.24) is 25.0 Å². The fourth-order valence-corrected chi connectivity index (χ4v) is 2.49. The number of hydrogen-bond donors (Lipinski definition) is 1. The lowest BCUT2D eigenvalue weighted by atomic mass is 10.1. The van der Waals surface area contributed by atoms with Gasteiger partial charge >= 0.3 is 0 Å². The lowest BCUT2D eigenvalue weighted by molar-refractivity contribution is 0.387. The Morgan fingerprint density at radius 2 is 1.95 bits per heavy atom. The van der Waals surface area contributed by atoms with Crippen LogP contribution in [0.1, 0.15) is 17.3 Å². The number of aromatic nitrogens is 5. The van der Waals surface area contributed by atoms with Crippen LogP contribution in [0, 0.1) is 13.8 Å². The predicted octanol–water partition coefficient (Wildman–Crippen LogP) is 1.95. The van der Waals surface area contributed by atoms with Gasteiger partial charge in [0.25, 0.3) is 0 Å². The normalized spacial score (nSPS) is 11.0. The van der Waals surface area contributed by atoms with Crippen LogP contribution in [0.4, 0.5) is 0 Å². The van der Waals surface area contributed by atoms with Gasteiger partial charge in [0.15, 0.2) is 11.6 Å². The Labute approximate surface area is 125 Å². The maximum absolute atomic E-state index is 6.05. The Bertz CT molecular complexity index is 748. The van der Waals surface area contributed by atoms with Crippen molar-refractivity contribution in [3.05, 3.63) is 41.5 Å². The maximum Gasteiger partial charge on any atom is 0.237 e. The van der Waals surface area contributed by atoms with E-state index >= 15 is 0 Å². The molecule has 2 heterocycles. The average Bonchev–Trinajstić information content (AvgIpc) is 3.04. The summed E-state index contributed by atoms with van der Waals surface area (Å²) in [6.45, 7) is 3.81. The Balaban J connectivity index is 1.77. The van der Waals surface area contributed by atoms with Crippen LogP contribution in [-0.2, 0) is 5.75 Å². The first-order chi connectivity index (χ1) is 10.1. The van der Waals surface area contributed by atoms with Crippen LogP contribution in [0.3, 0.4) is 0 Å². The maximum atomic E-state index is 6.05. The summed E-state index contributed by atoms with van der Waals surface area (Å²) in [4.78, 5) is 4.13. The summed E-state index contributed by atoms with van der Waals surface area (Å²) in [6.07, 6.45) is 0. The second-order valence-electron chi connectivity index (χ2n) is 4.57. The minimum absolute atomic E-state index is 0.504. The highest BCUT2D eigenvalue weighted by atomic mass is 32.2. The van der Waals surface area contributed by atoms with E-state index in [9.17, 15) is 0 Å².